The van der Waals surface area contributed by atoms with Crippen molar-refractivity contribution in [3.63, 3.8) is 0 Å². The molecule has 0 bridgehead atoms. The maximum atomic E-state index is 12.6. The molecule has 0 aromatic rings. The van der Waals surface area contributed by atoms with E-state index in [-0.39, 0.29) is 19.4 Å². The number of rotatable bonds is 40. The number of phosphoric acid groups is 1. The van der Waals surface area contributed by atoms with Crippen molar-refractivity contribution in [3.8, 4) is 0 Å². The molecule has 4 N–H and O–H groups in total. The summed E-state index contributed by atoms with van der Waals surface area (Å²) in [6.07, 6.45) is 34.4. The first-order valence-electron chi connectivity index (χ1n) is 21.8. The minimum atomic E-state index is -4.72. The first-order chi connectivity index (χ1) is 26.6. The molecule has 12 nitrogen and oxygen atoms in total. The Labute approximate surface area is 333 Å². The Morgan fingerprint density at radius 2 is 1.15 bits per heavy atom. The van der Waals surface area contributed by atoms with Crippen molar-refractivity contribution in [2.45, 2.75) is 218 Å². The number of hydrogen-bond donors (Lipinski definition) is 3. The van der Waals surface area contributed by atoms with E-state index in [1.807, 2.05) is 0 Å². The Balaban J connectivity index is 2.27. The number of unbranched alkanes of at least 4 members (excludes halogenated alkanes) is 21. The third-order valence-electron chi connectivity index (χ3n) is 9.94. The van der Waals surface area contributed by atoms with Gasteiger partial charge in [-0.1, -0.05) is 154 Å². The summed E-state index contributed by atoms with van der Waals surface area (Å²) in [6, 6.07) is -1.52. The zero-order chi connectivity index (χ0) is 40.4. The Morgan fingerprint density at radius 1 is 0.655 bits per heavy atom. The van der Waals surface area contributed by atoms with Gasteiger partial charge < -0.3 is 29.9 Å². The van der Waals surface area contributed by atoms with E-state index in [9.17, 15) is 23.8 Å². The topological polar surface area (TPSA) is 184 Å². The highest BCUT2D eigenvalue weighted by Crippen LogP contribution is 2.43. The van der Waals surface area contributed by atoms with Gasteiger partial charge in [0.05, 0.1) is 25.4 Å². The molecule has 55 heavy (non-hydrogen) atoms. The molecule has 1 saturated heterocycles. The number of allylic oxidation sites excluding steroid dienone is 1. The summed E-state index contributed by atoms with van der Waals surface area (Å²) in [5, 5.41) is 8.89. The fraction of sp³-hybridized carbons (Fsp3) is 0.881. The second-order valence-electron chi connectivity index (χ2n) is 15.2. The van der Waals surface area contributed by atoms with Gasteiger partial charge in [-0.05, 0) is 38.5 Å². The molecule has 0 amide bonds. The van der Waals surface area contributed by atoms with E-state index in [1.54, 1.807) is 0 Å². The number of ether oxygens (including phenoxy) is 3. The van der Waals surface area contributed by atoms with Gasteiger partial charge in [-0.15, -0.1) is 0 Å². The third kappa shape index (κ3) is 31.9. The summed E-state index contributed by atoms with van der Waals surface area (Å²) in [6.45, 7) is 2.77. The van der Waals surface area contributed by atoms with Crippen molar-refractivity contribution in [2.24, 2.45) is 5.73 Å². The predicted octanol–water partition coefficient (Wildman–Crippen LogP) is 10.3. The summed E-state index contributed by atoms with van der Waals surface area (Å²) >= 11 is 0. The summed E-state index contributed by atoms with van der Waals surface area (Å²) in [4.78, 5) is 46.0. The van der Waals surface area contributed by atoms with Crippen LogP contribution in [-0.2, 0) is 42.2 Å². The number of aliphatic carboxylic acids is 1. The van der Waals surface area contributed by atoms with Gasteiger partial charge in [0.25, 0.3) is 0 Å². The van der Waals surface area contributed by atoms with Gasteiger partial charge >= 0.3 is 25.7 Å². The van der Waals surface area contributed by atoms with Crippen molar-refractivity contribution >= 4 is 25.7 Å². The Morgan fingerprint density at radius 3 is 1.71 bits per heavy atom. The average Bonchev–Trinajstić information content (AvgIpc) is 3.91. The lowest BCUT2D eigenvalue weighted by Crippen LogP contribution is -2.34. The van der Waals surface area contributed by atoms with Gasteiger partial charge in [-0.25, -0.2) is 4.57 Å². The number of epoxide rings is 1. The van der Waals surface area contributed by atoms with Crippen molar-refractivity contribution in [3.05, 3.63) is 12.2 Å². The van der Waals surface area contributed by atoms with Crippen LogP contribution in [-0.4, -0.2) is 72.1 Å². The molecule has 322 valence electrons. The third-order valence-corrected chi connectivity index (χ3v) is 10.9. The average molecular weight is 804 g/mol. The van der Waals surface area contributed by atoms with Crippen LogP contribution in [0.15, 0.2) is 12.2 Å². The van der Waals surface area contributed by atoms with Gasteiger partial charge in [0, 0.05) is 12.8 Å². The summed E-state index contributed by atoms with van der Waals surface area (Å²) in [5.74, 6) is -2.39. The molecule has 0 aliphatic carbocycles. The minimum absolute atomic E-state index is 0.144. The monoisotopic (exact) mass is 804 g/mol. The summed E-state index contributed by atoms with van der Waals surface area (Å²) < 4.78 is 38.4. The number of nitrogens with two attached hydrogens (primary N) is 1. The van der Waals surface area contributed by atoms with Crippen molar-refractivity contribution in [1.82, 2.24) is 0 Å². The van der Waals surface area contributed by atoms with E-state index in [4.69, 9.17) is 29.6 Å². The Bertz CT molecular complexity index is 1060. The number of carbonyl (C=O) groups is 3. The number of phosphoric ester groups is 1. The highest BCUT2D eigenvalue weighted by atomic mass is 31.2. The SMILES string of the molecule is CCCCCCCCCCCCCCCCCC(=O)OC[C@H](COP(=O)(O)OC[C@H](N)C(=O)O)OC(=O)CCCCCCC/C=C\CC1OC1CCCCC. The zero-order valence-corrected chi connectivity index (χ0v) is 35.4. The molecule has 13 heteroatoms. The van der Waals surface area contributed by atoms with Crippen LogP contribution in [0.3, 0.4) is 0 Å². The van der Waals surface area contributed by atoms with Gasteiger partial charge in [-0.2, -0.15) is 0 Å². The predicted molar refractivity (Wildman–Crippen MR) is 217 cm³/mol. The minimum Gasteiger partial charge on any atom is -0.480 e. The highest BCUT2D eigenvalue weighted by molar-refractivity contribution is 7.47. The van der Waals surface area contributed by atoms with E-state index < -0.39 is 51.1 Å². The lowest BCUT2D eigenvalue weighted by molar-refractivity contribution is -0.161. The normalized spacial score (nSPS) is 17.5. The van der Waals surface area contributed by atoms with E-state index in [0.717, 1.165) is 57.8 Å². The number of carboxylic acids is 1. The number of hydrogen-bond acceptors (Lipinski definition) is 10. The van der Waals surface area contributed by atoms with Gasteiger partial charge in [0.2, 0.25) is 0 Å². The van der Waals surface area contributed by atoms with Gasteiger partial charge in [0.1, 0.15) is 12.6 Å². The fourth-order valence-electron chi connectivity index (χ4n) is 6.37. The molecular formula is C42H78NO11P. The van der Waals surface area contributed by atoms with Crippen LogP contribution < -0.4 is 5.73 Å². The smallest absolute Gasteiger partial charge is 0.472 e. The molecule has 3 unspecified atom stereocenters. The van der Waals surface area contributed by atoms with Crippen LogP contribution in [0.2, 0.25) is 0 Å². The molecule has 1 aliphatic rings. The molecule has 1 fully saturated rings. The lowest BCUT2D eigenvalue weighted by atomic mass is 10.0. The molecule has 0 saturated carbocycles. The van der Waals surface area contributed by atoms with E-state index in [0.29, 0.717) is 25.0 Å². The molecule has 1 heterocycles. The molecule has 0 aromatic heterocycles. The maximum Gasteiger partial charge on any atom is 0.472 e. The maximum absolute atomic E-state index is 12.6. The first kappa shape index (κ1) is 51.2. The molecule has 1 rings (SSSR count). The van der Waals surface area contributed by atoms with Crippen LogP contribution in [0.25, 0.3) is 0 Å². The van der Waals surface area contributed by atoms with Crippen molar-refractivity contribution in [1.29, 1.82) is 0 Å². The van der Waals surface area contributed by atoms with Crippen molar-refractivity contribution < 1.29 is 52.2 Å². The lowest BCUT2D eigenvalue weighted by Gasteiger charge is -2.20. The largest absolute Gasteiger partial charge is 0.480 e. The molecular weight excluding hydrogens is 725 g/mol. The van der Waals surface area contributed by atoms with Crippen LogP contribution in [0.4, 0.5) is 0 Å². The van der Waals surface area contributed by atoms with Crippen LogP contribution in [0, 0.1) is 0 Å². The second-order valence-corrected chi connectivity index (χ2v) is 16.7. The number of carboxylic acid groups (broad SMARTS) is 1. The second kappa shape index (κ2) is 34.2. The van der Waals surface area contributed by atoms with E-state index in [2.05, 4.69) is 30.5 Å². The molecule has 0 aromatic carbocycles. The van der Waals surface area contributed by atoms with Gasteiger partial charge in [-0.3, -0.25) is 23.4 Å². The number of esters is 2. The standard InChI is InChI=1S/C42H78NO11P/c1-3-5-7-8-9-10-11-12-13-14-15-16-20-23-27-31-40(44)50-33-36(34-51-55(48,49)52-35-37(43)42(46)47)53-41(45)32-28-24-21-18-17-19-22-26-30-39-38(54-39)29-25-6-4-2/h22,26,36-39H,3-21,23-25,27-35,43H2,1-2H3,(H,46,47)(H,48,49)/b26-22-/t36-,37+,38?,39?/m1/s1. The molecule has 0 spiro atoms. The van der Waals surface area contributed by atoms with Crippen LogP contribution in [0.5, 0.6) is 0 Å². The molecule has 5 atom stereocenters. The van der Waals surface area contributed by atoms with Crippen LogP contribution in [0.1, 0.15) is 194 Å². The fourth-order valence-corrected chi connectivity index (χ4v) is 7.14. The molecule has 1 aliphatic heterocycles. The highest BCUT2D eigenvalue weighted by Gasteiger charge is 2.36. The van der Waals surface area contributed by atoms with E-state index >= 15 is 0 Å². The quantitative estimate of drug-likeness (QED) is 0.0175. The van der Waals surface area contributed by atoms with E-state index in [1.165, 1.54) is 96.3 Å². The summed E-state index contributed by atoms with van der Waals surface area (Å²) in [5.41, 5.74) is 5.33. The Kier molecular flexibility index (Phi) is 31.9. The molecule has 0 radical (unpaired) electrons. The van der Waals surface area contributed by atoms with Crippen molar-refractivity contribution in [2.75, 3.05) is 19.8 Å². The number of carbonyl (C=O) groups excluding carboxylic acids is 2. The summed E-state index contributed by atoms with van der Waals surface area (Å²) in [7, 11) is -4.72. The Hall–Kier alpha value is -1.82. The first-order valence-corrected chi connectivity index (χ1v) is 23.3. The van der Waals surface area contributed by atoms with Crippen LogP contribution >= 0.6 is 7.82 Å². The zero-order valence-electron chi connectivity index (χ0n) is 34.5. The van der Waals surface area contributed by atoms with Gasteiger partial charge in [0.15, 0.2) is 6.10 Å².